The van der Waals surface area contributed by atoms with Gasteiger partial charge in [0, 0.05) is 36.3 Å². The van der Waals surface area contributed by atoms with Crippen molar-refractivity contribution in [2.75, 3.05) is 0 Å². The maximum Gasteiger partial charge on any atom is 0.163 e. The number of hydrogen-bond donors (Lipinski definition) is 0. The van der Waals surface area contributed by atoms with Crippen LogP contribution in [-0.2, 0) is 32.0 Å². The largest absolute Gasteiger partial charge is 0.300 e. The fourth-order valence-electron chi connectivity index (χ4n) is 7.67. The first kappa shape index (κ1) is 40.4. The molecule has 3 atom stereocenters. The lowest BCUT2D eigenvalue weighted by Crippen LogP contribution is -2.30. The Hall–Kier alpha value is -4.06. The summed E-state index contributed by atoms with van der Waals surface area (Å²) in [5, 5.41) is 0. The van der Waals surface area contributed by atoms with E-state index >= 15 is 0 Å². The molecule has 50 heavy (non-hydrogen) atoms. The normalized spacial score (nSPS) is 18.8. The third-order valence-electron chi connectivity index (χ3n) is 9.99. The van der Waals surface area contributed by atoms with Crippen LogP contribution in [0.4, 0.5) is 0 Å². The number of benzene rings is 2. The highest BCUT2D eigenvalue weighted by Gasteiger charge is 2.35. The minimum absolute atomic E-state index is 0.0109. The van der Waals surface area contributed by atoms with E-state index in [0.717, 1.165) is 40.7 Å². The van der Waals surface area contributed by atoms with Crippen LogP contribution in [-0.4, -0.2) is 34.7 Å². The molecule has 2 aromatic carbocycles. The minimum Gasteiger partial charge on any atom is -0.300 e. The van der Waals surface area contributed by atoms with Crippen molar-refractivity contribution in [2.24, 2.45) is 23.7 Å². The summed E-state index contributed by atoms with van der Waals surface area (Å²) in [6, 6.07) is 9.43. The topological polar surface area (TPSA) is 102 Å². The smallest absolute Gasteiger partial charge is 0.163 e. The van der Waals surface area contributed by atoms with E-state index < -0.39 is 5.92 Å². The zero-order valence-electron chi connectivity index (χ0n) is 31.2. The lowest BCUT2D eigenvalue weighted by atomic mass is 9.70. The van der Waals surface area contributed by atoms with Crippen molar-refractivity contribution >= 4 is 34.7 Å². The first-order valence-corrected chi connectivity index (χ1v) is 18.6. The zero-order valence-corrected chi connectivity index (χ0v) is 31.2. The van der Waals surface area contributed by atoms with Crippen molar-refractivity contribution in [3.05, 3.63) is 82.5 Å². The zero-order chi connectivity index (χ0) is 37.0. The second kappa shape index (κ2) is 19.4. The van der Waals surface area contributed by atoms with Crippen LogP contribution in [0.3, 0.4) is 0 Å². The van der Waals surface area contributed by atoms with E-state index in [0.29, 0.717) is 36.8 Å². The molecule has 6 heteroatoms. The lowest BCUT2D eigenvalue weighted by Gasteiger charge is -2.33. The number of rotatable bonds is 13. The Morgan fingerprint density at radius 1 is 0.880 bits per heavy atom. The highest BCUT2D eigenvalue weighted by Crippen LogP contribution is 2.42. The Kier molecular flexibility index (Phi) is 15.6. The molecule has 0 N–H and O–H groups in total. The van der Waals surface area contributed by atoms with Crippen molar-refractivity contribution in [3.63, 3.8) is 0 Å². The van der Waals surface area contributed by atoms with Gasteiger partial charge in [-0.2, -0.15) is 0 Å². The summed E-state index contributed by atoms with van der Waals surface area (Å²) in [5.74, 6) is -1.39. The highest BCUT2D eigenvalue weighted by molar-refractivity contribution is 6.05. The standard InChI is InChI=1S/C41H48O6.C3H8/c1-6-13-30(33(7-2)39(46)18-25(3)42)19-28-20-35-34(31-15-12-14-29(22-31)27(5)43)23-32(26(4)41(35)40(47)21-28)24-36-37(44)16-10-8-9-11-17-38(36)45;1-3-2/h8-12,14-15,22-23,28,30,33,36H,6-7,13,16-21,24H2,1-5H3;3H2,1-2H3/b10-8-,11-9-;. The summed E-state index contributed by atoms with van der Waals surface area (Å²) in [6.45, 7) is 13.2. The number of allylic oxidation sites excluding steroid dienone is 4. The Bertz CT molecular complexity index is 1610. The third kappa shape index (κ3) is 10.5. The van der Waals surface area contributed by atoms with Gasteiger partial charge in [0.2, 0.25) is 0 Å². The summed E-state index contributed by atoms with van der Waals surface area (Å²) in [7, 11) is 0. The molecule has 0 saturated heterocycles. The van der Waals surface area contributed by atoms with Crippen LogP contribution in [0.5, 0.6) is 0 Å². The maximum absolute atomic E-state index is 14.1. The van der Waals surface area contributed by atoms with Crippen LogP contribution in [0, 0.1) is 30.6 Å². The summed E-state index contributed by atoms with van der Waals surface area (Å²) < 4.78 is 0. The Morgan fingerprint density at radius 3 is 2.08 bits per heavy atom. The van der Waals surface area contributed by atoms with Gasteiger partial charge in [0.1, 0.15) is 23.1 Å². The van der Waals surface area contributed by atoms with E-state index in [4.69, 9.17) is 0 Å². The average Bonchev–Trinajstić information content (AvgIpc) is 3.13. The van der Waals surface area contributed by atoms with Crippen LogP contribution in [0.15, 0.2) is 54.6 Å². The van der Waals surface area contributed by atoms with E-state index in [9.17, 15) is 28.8 Å². The number of carbonyl (C=O) groups is 6. The minimum atomic E-state index is -0.810. The molecule has 0 aromatic heterocycles. The van der Waals surface area contributed by atoms with E-state index in [1.54, 1.807) is 30.4 Å². The van der Waals surface area contributed by atoms with Crippen molar-refractivity contribution in [3.8, 4) is 11.1 Å². The second-order valence-electron chi connectivity index (χ2n) is 14.2. The maximum atomic E-state index is 14.1. The number of carbonyl (C=O) groups excluding carboxylic acids is 6. The van der Waals surface area contributed by atoms with Gasteiger partial charge in [-0.1, -0.05) is 95.5 Å². The number of ketones is 6. The number of Topliss-reactive ketones (excluding diaryl/α,β-unsaturated/α-hetero) is 6. The molecule has 4 rings (SSSR count). The molecule has 2 aliphatic carbocycles. The monoisotopic (exact) mass is 680 g/mol. The van der Waals surface area contributed by atoms with Crippen molar-refractivity contribution in [2.45, 2.75) is 119 Å². The van der Waals surface area contributed by atoms with E-state index in [-0.39, 0.29) is 78.1 Å². The van der Waals surface area contributed by atoms with Gasteiger partial charge in [0.05, 0.1) is 12.3 Å². The van der Waals surface area contributed by atoms with Gasteiger partial charge in [-0.05, 0) is 92.2 Å². The first-order chi connectivity index (χ1) is 23.9. The second-order valence-corrected chi connectivity index (χ2v) is 14.2. The lowest BCUT2D eigenvalue weighted by molar-refractivity contribution is -0.132. The predicted octanol–water partition coefficient (Wildman–Crippen LogP) is 9.61. The summed E-state index contributed by atoms with van der Waals surface area (Å²) >= 11 is 0. The molecule has 0 heterocycles. The van der Waals surface area contributed by atoms with Crippen molar-refractivity contribution in [1.82, 2.24) is 0 Å². The van der Waals surface area contributed by atoms with Gasteiger partial charge < -0.3 is 0 Å². The molecule has 0 bridgehead atoms. The number of hydrogen-bond acceptors (Lipinski definition) is 6. The van der Waals surface area contributed by atoms with Gasteiger partial charge in [-0.15, -0.1) is 0 Å². The van der Waals surface area contributed by atoms with Gasteiger partial charge in [-0.3, -0.25) is 28.8 Å². The quantitative estimate of drug-likeness (QED) is 0.154. The summed E-state index contributed by atoms with van der Waals surface area (Å²) in [6.07, 6.45) is 13.0. The molecule has 6 nitrogen and oxygen atoms in total. The van der Waals surface area contributed by atoms with Crippen molar-refractivity contribution < 1.29 is 28.8 Å². The molecule has 268 valence electrons. The van der Waals surface area contributed by atoms with Gasteiger partial charge >= 0.3 is 0 Å². The molecular formula is C44H56O6. The average molecular weight is 681 g/mol. The highest BCUT2D eigenvalue weighted by atomic mass is 16.2. The van der Waals surface area contributed by atoms with Crippen LogP contribution in [0.1, 0.15) is 137 Å². The molecule has 0 aliphatic heterocycles. The van der Waals surface area contributed by atoms with E-state index in [1.807, 2.05) is 38.1 Å². The third-order valence-corrected chi connectivity index (χ3v) is 9.99. The first-order valence-electron chi connectivity index (χ1n) is 18.6. The molecule has 2 aromatic rings. The van der Waals surface area contributed by atoms with Gasteiger partial charge in [0.25, 0.3) is 0 Å². The van der Waals surface area contributed by atoms with Gasteiger partial charge in [-0.25, -0.2) is 0 Å². The summed E-state index contributed by atoms with van der Waals surface area (Å²) in [5.41, 5.74) is 5.39. The Balaban J connectivity index is 0.00000217. The van der Waals surface area contributed by atoms with Crippen LogP contribution in [0.2, 0.25) is 0 Å². The Labute approximate surface area is 299 Å². The molecule has 2 aliphatic rings. The van der Waals surface area contributed by atoms with Crippen molar-refractivity contribution in [1.29, 1.82) is 0 Å². The molecule has 3 unspecified atom stereocenters. The molecule has 0 fully saturated rings. The fraction of sp³-hybridized carbons (Fsp3) is 0.500. The summed E-state index contributed by atoms with van der Waals surface area (Å²) in [4.78, 5) is 77.8. The molecule has 0 amide bonds. The molecule has 0 spiro atoms. The van der Waals surface area contributed by atoms with Gasteiger partial charge in [0.15, 0.2) is 11.6 Å². The SMILES string of the molecule is CCC.CCCC(CC1CC(=O)c2c(C)c(CC3C(=O)C/C=C\C=C/CC3=O)cc(-c3cccc(C(C)=O)c3)c2C1)C(CC)C(=O)CC(C)=O. The van der Waals surface area contributed by atoms with Crippen LogP contribution in [0.25, 0.3) is 11.1 Å². The molecular weight excluding hydrogens is 624 g/mol. The van der Waals surface area contributed by atoms with E-state index in [2.05, 4.69) is 20.8 Å². The molecule has 0 saturated carbocycles. The van der Waals surface area contributed by atoms with E-state index in [1.165, 1.54) is 20.3 Å². The molecule has 0 radical (unpaired) electrons. The van der Waals surface area contributed by atoms with Crippen LogP contribution >= 0.6 is 0 Å². The number of fused-ring (bicyclic) bond motifs is 1. The Morgan fingerprint density at radius 2 is 1.52 bits per heavy atom. The fourth-order valence-corrected chi connectivity index (χ4v) is 7.67. The predicted molar refractivity (Wildman–Crippen MR) is 201 cm³/mol. The van der Waals surface area contributed by atoms with Crippen LogP contribution < -0.4 is 0 Å².